The highest BCUT2D eigenvalue weighted by molar-refractivity contribution is 14.1. The number of halogens is 1. The molecule has 2 aromatic rings. The lowest BCUT2D eigenvalue weighted by atomic mass is 9.75. The molecule has 6 heteroatoms. The molecule has 216 valence electrons. The summed E-state index contributed by atoms with van der Waals surface area (Å²) in [5, 5.41) is 0. The van der Waals surface area contributed by atoms with Crippen LogP contribution in [0.2, 0.25) is 0 Å². The molecule has 2 heterocycles. The fourth-order valence-electron chi connectivity index (χ4n) is 6.62. The van der Waals surface area contributed by atoms with E-state index in [1.54, 1.807) is 0 Å². The second kappa shape index (κ2) is 11.8. The molecule has 5 nitrogen and oxygen atoms in total. The second-order valence-electron chi connectivity index (χ2n) is 13.0. The number of hydrogen-bond donors (Lipinski definition) is 0. The summed E-state index contributed by atoms with van der Waals surface area (Å²) in [6.07, 6.45) is 4.16. The molecule has 0 unspecified atom stereocenters. The van der Waals surface area contributed by atoms with Crippen LogP contribution in [0.4, 0.5) is 5.69 Å². The van der Waals surface area contributed by atoms with Crippen molar-refractivity contribution >= 4 is 39.8 Å². The summed E-state index contributed by atoms with van der Waals surface area (Å²) in [6.45, 7) is 18.6. The highest BCUT2D eigenvalue weighted by Gasteiger charge is 2.38. The van der Waals surface area contributed by atoms with Gasteiger partial charge >= 0.3 is 5.97 Å². The van der Waals surface area contributed by atoms with Gasteiger partial charge in [0.1, 0.15) is 5.60 Å². The minimum Gasteiger partial charge on any atom is -0.456 e. The van der Waals surface area contributed by atoms with Crippen molar-refractivity contribution in [2.24, 2.45) is 0 Å². The molecule has 2 fully saturated rings. The Morgan fingerprint density at radius 2 is 1.70 bits per heavy atom. The van der Waals surface area contributed by atoms with E-state index in [0.717, 1.165) is 68.9 Å². The smallest absolute Gasteiger partial charge is 0.339 e. The normalized spacial score (nSPS) is 19.2. The number of carbonyl (C=O) groups is 1. The molecule has 2 aliphatic heterocycles. The van der Waals surface area contributed by atoms with Gasteiger partial charge in [-0.15, -0.1) is 0 Å². The van der Waals surface area contributed by atoms with Crippen molar-refractivity contribution in [3.8, 4) is 0 Å². The lowest BCUT2D eigenvalue weighted by Gasteiger charge is -2.41. The first kappa shape index (κ1) is 29.6. The molecule has 0 saturated carbocycles. The highest BCUT2D eigenvalue weighted by atomic mass is 127. The molecule has 0 amide bonds. The molecule has 2 saturated heterocycles. The van der Waals surface area contributed by atoms with Crippen LogP contribution < -0.4 is 4.90 Å². The lowest BCUT2D eigenvalue weighted by molar-refractivity contribution is -0.147. The number of rotatable bonds is 6. The zero-order valence-electron chi connectivity index (χ0n) is 25.1. The van der Waals surface area contributed by atoms with Crippen molar-refractivity contribution in [2.45, 2.75) is 84.3 Å². The molecule has 40 heavy (non-hydrogen) atoms. The van der Waals surface area contributed by atoms with Crippen molar-refractivity contribution in [1.29, 1.82) is 0 Å². The van der Waals surface area contributed by atoms with Crippen LogP contribution in [0.15, 0.2) is 42.0 Å². The third kappa shape index (κ3) is 6.14. The van der Waals surface area contributed by atoms with Crippen LogP contribution in [0, 0.1) is 3.57 Å². The Morgan fingerprint density at radius 3 is 2.35 bits per heavy atom. The van der Waals surface area contributed by atoms with Gasteiger partial charge in [0.25, 0.3) is 0 Å². The monoisotopic (exact) mass is 656 g/mol. The maximum atomic E-state index is 13.7. The number of hydrogen-bond acceptors (Lipinski definition) is 5. The van der Waals surface area contributed by atoms with Gasteiger partial charge in [-0.2, -0.15) is 0 Å². The highest BCUT2D eigenvalue weighted by Crippen LogP contribution is 2.46. The van der Waals surface area contributed by atoms with E-state index in [-0.39, 0.29) is 11.4 Å². The number of anilines is 1. The number of fused-ring (bicyclic) bond motifs is 1. The molecule has 0 aromatic heterocycles. The van der Waals surface area contributed by atoms with Crippen LogP contribution in [0.5, 0.6) is 0 Å². The summed E-state index contributed by atoms with van der Waals surface area (Å²) in [7, 11) is 0. The second-order valence-corrected chi connectivity index (χ2v) is 14.3. The predicted octanol–water partition coefficient (Wildman–Crippen LogP) is 6.78. The first-order valence-electron chi connectivity index (χ1n) is 14.9. The van der Waals surface area contributed by atoms with Crippen molar-refractivity contribution in [2.75, 3.05) is 44.3 Å². The number of ether oxygens (including phenoxy) is 2. The molecular weight excluding hydrogens is 611 g/mol. The summed E-state index contributed by atoms with van der Waals surface area (Å²) in [4.78, 5) is 18.9. The van der Waals surface area contributed by atoms with E-state index in [9.17, 15) is 4.79 Å². The van der Waals surface area contributed by atoms with Crippen LogP contribution in [0.1, 0.15) is 76.6 Å². The number of benzene rings is 2. The Balaban J connectivity index is 1.47. The quantitative estimate of drug-likeness (QED) is 0.253. The predicted molar refractivity (Wildman–Crippen MR) is 172 cm³/mol. The van der Waals surface area contributed by atoms with Crippen molar-refractivity contribution in [3.05, 3.63) is 67.8 Å². The van der Waals surface area contributed by atoms with Crippen LogP contribution in [-0.2, 0) is 32.5 Å². The number of aryl methyl sites for hydroxylation is 1. The standard InChI is InChI=1S/C34H45IN2O3/c1-7-23-8-9-25(22-30(23)37-14-12-27(13-15-37)36-16-18-39-19-17-36)34(5,6)29-21-24-20-26(35)10-11-28(24)31(29)32(38)40-33(2,3)4/h8-11,20,22,27H,7,12-19,21H2,1-6H3. The van der Waals surface area contributed by atoms with E-state index in [4.69, 9.17) is 9.47 Å². The van der Waals surface area contributed by atoms with Gasteiger partial charge in [-0.25, -0.2) is 4.79 Å². The minimum absolute atomic E-state index is 0.217. The Bertz CT molecular complexity index is 1280. The molecular formula is C34H45IN2O3. The molecule has 3 aliphatic rings. The van der Waals surface area contributed by atoms with Crippen LogP contribution in [0.25, 0.3) is 5.57 Å². The van der Waals surface area contributed by atoms with Gasteiger partial charge in [0.05, 0.1) is 18.8 Å². The van der Waals surface area contributed by atoms with Crippen LogP contribution in [-0.4, -0.2) is 61.9 Å². The molecule has 0 bridgehead atoms. The molecule has 2 aromatic carbocycles. The number of piperidine rings is 1. The van der Waals surface area contributed by atoms with Crippen molar-refractivity contribution in [1.82, 2.24) is 4.90 Å². The average Bonchev–Trinajstić information content (AvgIpc) is 3.32. The average molecular weight is 657 g/mol. The van der Waals surface area contributed by atoms with Crippen LogP contribution in [0.3, 0.4) is 0 Å². The summed E-state index contributed by atoms with van der Waals surface area (Å²) >= 11 is 2.36. The fourth-order valence-corrected chi connectivity index (χ4v) is 7.18. The topological polar surface area (TPSA) is 42.0 Å². The largest absolute Gasteiger partial charge is 0.456 e. The van der Waals surface area contributed by atoms with Gasteiger partial charge in [0, 0.05) is 46.9 Å². The Morgan fingerprint density at radius 1 is 1.00 bits per heavy atom. The van der Waals surface area contributed by atoms with E-state index in [2.05, 4.69) is 89.6 Å². The van der Waals surface area contributed by atoms with E-state index in [1.807, 2.05) is 20.8 Å². The number of esters is 1. The van der Waals surface area contributed by atoms with E-state index >= 15 is 0 Å². The maximum absolute atomic E-state index is 13.7. The minimum atomic E-state index is -0.547. The van der Waals surface area contributed by atoms with Gasteiger partial charge in [-0.1, -0.05) is 39.0 Å². The van der Waals surface area contributed by atoms with Gasteiger partial charge in [-0.3, -0.25) is 4.90 Å². The molecule has 0 radical (unpaired) electrons. The van der Waals surface area contributed by atoms with Crippen molar-refractivity contribution < 1.29 is 14.3 Å². The van der Waals surface area contributed by atoms with E-state index in [0.29, 0.717) is 6.04 Å². The Labute approximate surface area is 254 Å². The van der Waals surface area contributed by atoms with Crippen LogP contribution >= 0.6 is 22.6 Å². The first-order valence-corrected chi connectivity index (χ1v) is 16.0. The van der Waals surface area contributed by atoms with Gasteiger partial charge < -0.3 is 14.4 Å². The fraction of sp³-hybridized carbons (Fsp3) is 0.559. The molecule has 0 N–H and O–H groups in total. The number of nitrogens with zero attached hydrogens (tertiary/aromatic N) is 2. The van der Waals surface area contributed by atoms with Gasteiger partial charge in [0.2, 0.25) is 0 Å². The Kier molecular flexibility index (Phi) is 8.70. The summed E-state index contributed by atoms with van der Waals surface area (Å²) in [6, 6.07) is 14.1. The van der Waals surface area contributed by atoms with E-state index < -0.39 is 5.60 Å². The summed E-state index contributed by atoms with van der Waals surface area (Å²) in [5.74, 6) is -0.217. The zero-order valence-corrected chi connectivity index (χ0v) is 27.3. The summed E-state index contributed by atoms with van der Waals surface area (Å²) in [5.41, 5.74) is 7.28. The molecule has 1 aliphatic carbocycles. The Hall–Kier alpha value is -1.90. The first-order chi connectivity index (χ1) is 19.0. The molecule has 0 spiro atoms. The zero-order chi connectivity index (χ0) is 28.7. The number of carbonyl (C=O) groups excluding carboxylic acids is 1. The SMILES string of the molecule is CCc1ccc(C(C)(C)C2=C(C(=O)OC(C)(C)C)c3ccc(I)cc3C2)cc1N1CCC(N2CCOCC2)CC1. The number of allylic oxidation sites excluding steroid dienone is 1. The third-order valence-electron chi connectivity index (χ3n) is 8.92. The van der Waals surface area contributed by atoms with Crippen molar-refractivity contribution in [3.63, 3.8) is 0 Å². The van der Waals surface area contributed by atoms with Gasteiger partial charge in [-0.05, 0) is 115 Å². The maximum Gasteiger partial charge on any atom is 0.339 e. The molecule has 0 atom stereocenters. The summed E-state index contributed by atoms with van der Waals surface area (Å²) < 4.78 is 12.7. The molecule has 5 rings (SSSR count). The van der Waals surface area contributed by atoms with Gasteiger partial charge in [0.15, 0.2) is 0 Å². The third-order valence-corrected chi connectivity index (χ3v) is 9.59. The van der Waals surface area contributed by atoms with E-state index in [1.165, 1.54) is 38.8 Å². The lowest BCUT2D eigenvalue weighted by Crippen LogP contribution is -2.49. The number of morpholine rings is 1.